The minimum Gasteiger partial charge on any atom is -0.396 e. The van der Waals surface area contributed by atoms with Gasteiger partial charge in [-0.2, -0.15) is 0 Å². The van der Waals surface area contributed by atoms with Gasteiger partial charge >= 0.3 is 0 Å². The molecule has 3 atom stereocenters. The van der Waals surface area contributed by atoms with Gasteiger partial charge < -0.3 is 15.7 Å². The molecule has 0 saturated heterocycles. The highest BCUT2D eigenvalue weighted by molar-refractivity contribution is 14.0. The van der Waals surface area contributed by atoms with Crippen molar-refractivity contribution in [2.24, 2.45) is 16.8 Å². The summed E-state index contributed by atoms with van der Waals surface area (Å²) in [7, 11) is 0. The van der Waals surface area contributed by atoms with Gasteiger partial charge in [-0.1, -0.05) is 20.3 Å². The Balaban J connectivity index is 0.00000324. The molecule has 5 heteroatoms. The standard InChI is InChI=1S/C14H29N3O.HI/c1-4-6-12(7-8-18)10-16-14(15-5-2)17-13-9-11(13)3;/h11-13,18H,4-10H2,1-3H3,(H2,15,16,17);1H. The molecule has 1 saturated carbocycles. The van der Waals surface area contributed by atoms with Gasteiger partial charge in [0.1, 0.15) is 0 Å². The van der Waals surface area contributed by atoms with Gasteiger partial charge in [0, 0.05) is 25.7 Å². The van der Waals surface area contributed by atoms with Crippen molar-refractivity contribution in [2.45, 2.75) is 52.5 Å². The molecule has 3 unspecified atom stereocenters. The summed E-state index contributed by atoms with van der Waals surface area (Å²) in [5.41, 5.74) is 0. The molecule has 0 amide bonds. The van der Waals surface area contributed by atoms with Crippen LogP contribution in [0.15, 0.2) is 4.99 Å². The smallest absolute Gasteiger partial charge is 0.191 e. The molecule has 1 fully saturated rings. The number of nitrogens with one attached hydrogen (secondary N) is 2. The summed E-state index contributed by atoms with van der Waals surface area (Å²) in [5, 5.41) is 15.8. The van der Waals surface area contributed by atoms with Crippen LogP contribution in [0, 0.1) is 11.8 Å². The number of hydrogen-bond donors (Lipinski definition) is 3. The number of guanidine groups is 1. The molecular formula is C14H30IN3O. The van der Waals surface area contributed by atoms with E-state index in [1.54, 1.807) is 0 Å². The first-order chi connectivity index (χ1) is 8.71. The fourth-order valence-corrected chi connectivity index (χ4v) is 2.16. The number of rotatable bonds is 8. The first-order valence-corrected chi connectivity index (χ1v) is 7.36. The normalized spacial score (nSPS) is 23.5. The number of nitrogens with zero attached hydrogens (tertiary/aromatic N) is 1. The average Bonchev–Trinajstić information content (AvgIpc) is 3.02. The van der Waals surface area contributed by atoms with Crippen LogP contribution in [-0.4, -0.2) is 36.8 Å². The molecule has 4 nitrogen and oxygen atoms in total. The highest BCUT2D eigenvalue weighted by Crippen LogP contribution is 2.28. The van der Waals surface area contributed by atoms with Gasteiger partial charge in [0.2, 0.25) is 0 Å². The largest absolute Gasteiger partial charge is 0.396 e. The molecule has 0 aromatic carbocycles. The molecule has 0 heterocycles. The highest BCUT2D eigenvalue weighted by Gasteiger charge is 2.33. The molecule has 1 aliphatic carbocycles. The quantitative estimate of drug-likeness (QED) is 0.343. The molecule has 1 aliphatic rings. The van der Waals surface area contributed by atoms with Crippen molar-refractivity contribution in [3.05, 3.63) is 0 Å². The lowest BCUT2D eigenvalue weighted by Gasteiger charge is -2.15. The predicted octanol–water partition coefficient (Wildman–Crippen LogP) is 2.37. The monoisotopic (exact) mass is 383 g/mol. The van der Waals surface area contributed by atoms with Gasteiger partial charge in [0.15, 0.2) is 5.96 Å². The lowest BCUT2D eigenvalue weighted by atomic mass is 10.0. The van der Waals surface area contributed by atoms with E-state index in [1.165, 1.54) is 6.42 Å². The zero-order valence-corrected chi connectivity index (χ0v) is 14.8. The molecule has 0 radical (unpaired) electrons. The van der Waals surface area contributed by atoms with Crippen LogP contribution < -0.4 is 10.6 Å². The molecule has 114 valence electrons. The SMILES string of the molecule is CCCC(CCO)CN=C(NCC)NC1CC1C.I. The Labute approximate surface area is 134 Å². The molecule has 1 rings (SSSR count). The van der Waals surface area contributed by atoms with E-state index in [1.807, 2.05) is 0 Å². The zero-order chi connectivity index (χ0) is 13.4. The van der Waals surface area contributed by atoms with Gasteiger partial charge in [-0.3, -0.25) is 4.99 Å². The van der Waals surface area contributed by atoms with Crippen LogP contribution in [0.2, 0.25) is 0 Å². The fraction of sp³-hybridized carbons (Fsp3) is 0.929. The Hall–Kier alpha value is -0.0400. The maximum absolute atomic E-state index is 9.04. The van der Waals surface area contributed by atoms with Gasteiger partial charge in [-0.05, 0) is 38.0 Å². The van der Waals surface area contributed by atoms with Crippen molar-refractivity contribution in [3.8, 4) is 0 Å². The van der Waals surface area contributed by atoms with Crippen molar-refractivity contribution in [1.82, 2.24) is 10.6 Å². The second-order valence-electron chi connectivity index (χ2n) is 5.35. The Kier molecular flexibility index (Phi) is 10.7. The van der Waals surface area contributed by atoms with E-state index in [0.29, 0.717) is 12.0 Å². The van der Waals surface area contributed by atoms with Crippen LogP contribution >= 0.6 is 24.0 Å². The Morgan fingerprint density at radius 3 is 2.53 bits per heavy atom. The van der Waals surface area contributed by atoms with Gasteiger partial charge in [-0.25, -0.2) is 0 Å². The Morgan fingerprint density at radius 2 is 2.05 bits per heavy atom. The summed E-state index contributed by atoms with van der Waals surface area (Å²) in [4.78, 5) is 4.65. The predicted molar refractivity (Wildman–Crippen MR) is 92.2 cm³/mol. The third-order valence-electron chi connectivity index (χ3n) is 3.52. The number of hydrogen-bond acceptors (Lipinski definition) is 2. The van der Waals surface area contributed by atoms with Crippen LogP contribution in [-0.2, 0) is 0 Å². The van der Waals surface area contributed by atoms with Crippen LogP contribution in [0.3, 0.4) is 0 Å². The summed E-state index contributed by atoms with van der Waals surface area (Å²) < 4.78 is 0. The number of halogens is 1. The third-order valence-corrected chi connectivity index (χ3v) is 3.52. The molecule has 0 spiro atoms. The van der Waals surface area contributed by atoms with Crippen molar-refractivity contribution in [2.75, 3.05) is 19.7 Å². The minimum absolute atomic E-state index is 0. The first kappa shape index (κ1) is 19.0. The summed E-state index contributed by atoms with van der Waals surface area (Å²) in [5.74, 6) is 2.22. The van der Waals surface area contributed by atoms with E-state index in [2.05, 4.69) is 36.4 Å². The van der Waals surface area contributed by atoms with Crippen LogP contribution in [0.4, 0.5) is 0 Å². The fourth-order valence-electron chi connectivity index (χ4n) is 2.16. The van der Waals surface area contributed by atoms with E-state index in [4.69, 9.17) is 5.11 Å². The number of aliphatic imine (C=N–C) groups is 1. The lowest BCUT2D eigenvalue weighted by molar-refractivity contribution is 0.253. The zero-order valence-electron chi connectivity index (χ0n) is 12.5. The first-order valence-electron chi connectivity index (χ1n) is 7.36. The highest BCUT2D eigenvalue weighted by atomic mass is 127. The minimum atomic E-state index is 0. The van der Waals surface area contributed by atoms with Crippen molar-refractivity contribution in [1.29, 1.82) is 0 Å². The van der Waals surface area contributed by atoms with Crippen molar-refractivity contribution in [3.63, 3.8) is 0 Å². The molecule has 19 heavy (non-hydrogen) atoms. The second-order valence-corrected chi connectivity index (χ2v) is 5.35. The Bertz CT molecular complexity index is 255. The number of aliphatic hydroxyl groups excluding tert-OH is 1. The van der Waals surface area contributed by atoms with Crippen LogP contribution in [0.5, 0.6) is 0 Å². The van der Waals surface area contributed by atoms with Crippen LogP contribution in [0.25, 0.3) is 0 Å². The molecule has 0 bridgehead atoms. The second kappa shape index (κ2) is 10.7. The molecule has 0 aliphatic heterocycles. The van der Waals surface area contributed by atoms with Crippen molar-refractivity contribution >= 4 is 29.9 Å². The maximum atomic E-state index is 9.04. The summed E-state index contributed by atoms with van der Waals surface area (Å²) in [6.07, 6.45) is 4.41. The maximum Gasteiger partial charge on any atom is 0.191 e. The average molecular weight is 383 g/mol. The molecular weight excluding hydrogens is 353 g/mol. The molecule has 3 N–H and O–H groups in total. The van der Waals surface area contributed by atoms with E-state index >= 15 is 0 Å². The summed E-state index contributed by atoms with van der Waals surface area (Å²) in [6, 6.07) is 0.602. The lowest BCUT2D eigenvalue weighted by Crippen LogP contribution is -2.39. The van der Waals surface area contributed by atoms with Crippen LogP contribution in [0.1, 0.15) is 46.5 Å². The van der Waals surface area contributed by atoms with E-state index in [-0.39, 0.29) is 30.6 Å². The van der Waals surface area contributed by atoms with Gasteiger partial charge in [0.25, 0.3) is 0 Å². The summed E-state index contributed by atoms with van der Waals surface area (Å²) in [6.45, 7) is 8.50. The Morgan fingerprint density at radius 1 is 1.37 bits per heavy atom. The number of aliphatic hydroxyl groups is 1. The third kappa shape index (κ3) is 7.97. The topological polar surface area (TPSA) is 56.7 Å². The van der Waals surface area contributed by atoms with E-state index in [0.717, 1.165) is 44.2 Å². The molecule has 0 aromatic heterocycles. The van der Waals surface area contributed by atoms with Gasteiger partial charge in [0.05, 0.1) is 0 Å². The summed E-state index contributed by atoms with van der Waals surface area (Å²) >= 11 is 0. The van der Waals surface area contributed by atoms with Crippen molar-refractivity contribution < 1.29 is 5.11 Å². The van der Waals surface area contributed by atoms with E-state index in [9.17, 15) is 0 Å². The molecule has 0 aromatic rings. The van der Waals surface area contributed by atoms with Gasteiger partial charge in [-0.15, -0.1) is 24.0 Å². The van der Waals surface area contributed by atoms with E-state index < -0.39 is 0 Å².